The van der Waals surface area contributed by atoms with Gasteiger partial charge in [-0.05, 0) is 26.7 Å². The molecule has 0 spiro atoms. The molecule has 6 nitrogen and oxygen atoms in total. The molecule has 6 heteroatoms. The number of carbonyl (C=O) groups excluding carboxylic acids is 3. The SMILES string of the molecule is CC(C)C(NC(=O)OC(C)(C)C)C(=O)C(N)=O. The van der Waals surface area contributed by atoms with Crippen LogP contribution in [-0.2, 0) is 14.3 Å². The number of primary amides is 1. The molecule has 2 amide bonds. The van der Waals surface area contributed by atoms with E-state index in [1.807, 2.05) is 0 Å². The second kappa shape index (κ2) is 5.65. The standard InChI is InChI=1S/C11H20N2O4/c1-6(2)7(8(14)9(12)15)13-10(16)17-11(3,4)5/h6-7H,1-5H3,(H2,12,15)(H,13,16). The zero-order chi connectivity index (χ0) is 13.8. The average molecular weight is 244 g/mol. The molecule has 0 aliphatic rings. The summed E-state index contributed by atoms with van der Waals surface area (Å²) in [7, 11) is 0. The van der Waals surface area contributed by atoms with Crippen molar-refractivity contribution < 1.29 is 19.1 Å². The van der Waals surface area contributed by atoms with Gasteiger partial charge in [0.05, 0.1) is 0 Å². The van der Waals surface area contributed by atoms with E-state index in [-0.39, 0.29) is 5.92 Å². The first-order valence-electron chi connectivity index (χ1n) is 5.37. The van der Waals surface area contributed by atoms with Crippen LogP contribution in [0.5, 0.6) is 0 Å². The summed E-state index contributed by atoms with van der Waals surface area (Å²) >= 11 is 0. The lowest BCUT2D eigenvalue weighted by Gasteiger charge is -2.24. The summed E-state index contributed by atoms with van der Waals surface area (Å²) in [6.45, 7) is 8.50. The summed E-state index contributed by atoms with van der Waals surface area (Å²) in [5.74, 6) is -2.15. The number of alkyl carbamates (subject to hydrolysis) is 1. The largest absolute Gasteiger partial charge is 0.444 e. The van der Waals surface area contributed by atoms with E-state index in [1.165, 1.54) is 0 Å². The van der Waals surface area contributed by atoms with Gasteiger partial charge in [-0.2, -0.15) is 0 Å². The van der Waals surface area contributed by atoms with Gasteiger partial charge in [0.25, 0.3) is 5.91 Å². The van der Waals surface area contributed by atoms with Crippen molar-refractivity contribution in [2.45, 2.75) is 46.3 Å². The first-order valence-corrected chi connectivity index (χ1v) is 5.37. The normalized spacial score (nSPS) is 13.1. The topological polar surface area (TPSA) is 98.5 Å². The van der Waals surface area contributed by atoms with Crippen LogP contribution in [-0.4, -0.2) is 29.4 Å². The molecule has 0 fully saturated rings. The number of nitrogens with two attached hydrogens (primary N) is 1. The van der Waals surface area contributed by atoms with Gasteiger partial charge >= 0.3 is 6.09 Å². The number of ether oxygens (including phenoxy) is 1. The minimum absolute atomic E-state index is 0.248. The van der Waals surface area contributed by atoms with Crippen molar-refractivity contribution in [2.75, 3.05) is 0 Å². The fraction of sp³-hybridized carbons (Fsp3) is 0.727. The molecule has 0 heterocycles. The number of ketones is 1. The van der Waals surface area contributed by atoms with E-state index in [0.29, 0.717) is 0 Å². The second-order valence-corrected chi connectivity index (χ2v) is 5.10. The van der Waals surface area contributed by atoms with Crippen LogP contribution in [0, 0.1) is 5.92 Å². The van der Waals surface area contributed by atoms with Crippen molar-refractivity contribution in [1.82, 2.24) is 5.32 Å². The fourth-order valence-corrected chi connectivity index (χ4v) is 1.12. The number of carbonyl (C=O) groups is 3. The molecule has 17 heavy (non-hydrogen) atoms. The third-order valence-corrected chi connectivity index (χ3v) is 1.86. The molecule has 0 aromatic rings. The molecule has 98 valence electrons. The van der Waals surface area contributed by atoms with E-state index in [1.54, 1.807) is 34.6 Å². The fourth-order valence-electron chi connectivity index (χ4n) is 1.12. The van der Waals surface area contributed by atoms with Gasteiger partial charge in [0.2, 0.25) is 5.78 Å². The Labute approximate surface area is 101 Å². The van der Waals surface area contributed by atoms with Crippen LogP contribution in [0.25, 0.3) is 0 Å². The molecule has 1 unspecified atom stereocenters. The highest BCUT2D eigenvalue weighted by Crippen LogP contribution is 2.09. The highest BCUT2D eigenvalue weighted by molar-refractivity contribution is 6.37. The van der Waals surface area contributed by atoms with Gasteiger partial charge in [0.15, 0.2) is 0 Å². The molecule has 0 saturated heterocycles. The Balaban J connectivity index is 4.63. The van der Waals surface area contributed by atoms with E-state index in [4.69, 9.17) is 10.5 Å². The predicted octanol–water partition coefficient (Wildman–Crippen LogP) is 0.590. The van der Waals surface area contributed by atoms with E-state index < -0.39 is 29.4 Å². The lowest BCUT2D eigenvalue weighted by molar-refractivity contribution is -0.137. The number of hydrogen-bond acceptors (Lipinski definition) is 4. The summed E-state index contributed by atoms with van der Waals surface area (Å²) in [6, 6.07) is -0.956. The molecule has 1 atom stereocenters. The van der Waals surface area contributed by atoms with Gasteiger partial charge < -0.3 is 15.8 Å². The zero-order valence-electron chi connectivity index (χ0n) is 10.9. The molecule has 0 rings (SSSR count). The lowest BCUT2D eigenvalue weighted by Crippen LogP contribution is -2.50. The van der Waals surface area contributed by atoms with E-state index in [2.05, 4.69) is 5.32 Å². The van der Waals surface area contributed by atoms with Crippen LogP contribution in [0.3, 0.4) is 0 Å². The third kappa shape index (κ3) is 5.89. The van der Waals surface area contributed by atoms with Gasteiger partial charge in [0.1, 0.15) is 11.6 Å². The van der Waals surface area contributed by atoms with E-state index >= 15 is 0 Å². The Kier molecular flexibility index (Phi) is 5.12. The highest BCUT2D eigenvalue weighted by Gasteiger charge is 2.29. The maximum absolute atomic E-state index is 11.5. The molecular formula is C11H20N2O4. The van der Waals surface area contributed by atoms with Crippen molar-refractivity contribution >= 4 is 17.8 Å². The molecule has 0 aromatic carbocycles. The van der Waals surface area contributed by atoms with Gasteiger partial charge in [0, 0.05) is 0 Å². The maximum atomic E-state index is 11.5. The Hall–Kier alpha value is -1.59. The number of hydrogen-bond donors (Lipinski definition) is 2. The number of nitrogens with one attached hydrogen (secondary N) is 1. The van der Waals surface area contributed by atoms with Gasteiger partial charge in [-0.3, -0.25) is 9.59 Å². The summed E-state index contributed by atoms with van der Waals surface area (Å²) in [5.41, 5.74) is 4.23. The Morgan fingerprint density at radius 3 is 1.94 bits per heavy atom. The monoisotopic (exact) mass is 244 g/mol. The van der Waals surface area contributed by atoms with Crippen LogP contribution < -0.4 is 11.1 Å². The highest BCUT2D eigenvalue weighted by atomic mass is 16.6. The predicted molar refractivity (Wildman–Crippen MR) is 62.2 cm³/mol. The van der Waals surface area contributed by atoms with Crippen LogP contribution in [0.4, 0.5) is 4.79 Å². The van der Waals surface area contributed by atoms with E-state index in [0.717, 1.165) is 0 Å². The third-order valence-electron chi connectivity index (χ3n) is 1.86. The minimum atomic E-state index is -1.07. The van der Waals surface area contributed by atoms with Gasteiger partial charge in [-0.1, -0.05) is 13.8 Å². The van der Waals surface area contributed by atoms with Crippen LogP contribution in [0.15, 0.2) is 0 Å². The Morgan fingerprint density at radius 1 is 1.18 bits per heavy atom. The van der Waals surface area contributed by atoms with Crippen molar-refractivity contribution in [3.8, 4) is 0 Å². The molecule has 3 N–H and O–H groups in total. The Bertz CT molecular complexity index is 318. The van der Waals surface area contributed by atoms with Gasteiger partial charge in [-0.25, -0.2) is 4.79 Å². The summed E-state index contributed by atoms with van der Waals surface area (Å²) < 4.78 is 4.99. The molecule has 0 saturated carbocycles. The van der Waals surface area contributed by atoms with Crippen molar-refractivity contribution in [3.63, 3.8) is 0 Å². The van der Waals surface area contributed by atoms with Crippen molar-refractivity contribution in [1.29, 1.82) is 0 Å². The van der Waals surface area contributed by atoms with Crippen LogP contribution >= 0.6 is 0 Å². The zero-order valence-corrected chi connectivity index (χ0v) is 10.9. The molecular weight excluding hydrogens is 224 g/mol. The molecule has 0 radical (unpaired) electrons. The first-order chi connectivity index (χ1) is 7.54. The van der Waals surface area contributed by atoms with Crippen LogP contribution in [0.1, 0.15) is 34.6 Å². The summed E-state index contributed by atoms with van der Waals surface area (Å²) in [4.78, 5) is 33.7. The molecule has 0 aromatic heterocycles. The first kappa shape index (κ1) is 15.4. The summed E-state index contributed by atoms with van der Waals surface area (Å²) in [5, 5.41) is 2.34. The Morgan fingerprint density at radius 2 is 1.65 bits per heavy atom. The molecule has 0 aliphatic carbocycles. The number of amides is 2. The van der Waals surface area contributed by atoms with Crippen molar-refractivity contribution in [3.05, 3.63) is 0 Å². The average Bonchev–Trinajstić information content (AvgIpc) is 2.09. The minimum Gasteiger partial charge on any atom is -0.444 e. The lowest BCUT2D eigenvalue weighted by atomic mass is 10.00. The number of rotatable bonds is 4. The number of Topliss-reactive ketones (excluding diaryl/α,β-unsaturated/α-hetero) is 1. The second-order valence-electron chi connectivity index (χ2n) is 5.10. The van der Waals surface area contributed by atoms with E-state index in [9.17, 15) is 14.4 Å². The summed E-state index contributed by atoms with van der Waals surface area (Å²) in [6.07, 6.45) is -0.745. The molecule has 0 aliphatic heterocycles. The maximum Gasteiger partial charge on any atom is 0.408 e. The smallest absolute Gasteiger partial charge is 0.408 e. The van der Waals surface area contributed by atoms with Crippen molar-refractivity contribution in [2.24, 2.45) is 11.7 Å². The van der Waals surface area contributed by atoms with Gasteiger partial charge in [-0.15, -0.1) is 0 Å². The molecule has 0 bridgehead atoms. The quantitative estimate of drug-likeness (QED) is 0.707. The van der Waals surface area contributed by atoms with Crippen LogP contribution in [0.2, 0.25) is 0 Å².